The van der Waals surface area contributed by atoms with Crippen molar-refractivity contribution in [1.29, 1.82) is 5.26 Å². The number of aliphatic carboxylic acids is 1. The molecule has 1 atom stereocenters. The quantitative estimate of drug-likeness (QED) is 0.794. The van der Waals surface area contributed by atoms with Crippen molar-refractivity contribution in [3.63, 3.8) is 0 Å². The molecule has 1 aromatic carbocycles. The Morgan fingerprint density at radius 2 is 2.00 bits per heavy atom. The third kappa shape index (κ3) is 5.63. The first kappa shape index (κ1) is 16.7. The van der Waals surface area contributed by atoms with E-state index in [1.807, 2.05) is 13.0 Å². The van der Waals surface area contributed by atoms with Crippen LogP contribution < -0.4 is 5.32 Å². The summed E-state index contributed by atoms with van der Waals surface area (Å²) >= 11 is 0. The molecule has 0 aliphatic heterocycles. The number of carbonyl (C=O) groups is 2. The maximum Gasteiger partial charge on any atom is 0.307 e. The van der Waals surface area contributed by atoms with Crippen molar-refractivity contribution in [1.82, 2.24) is 4.90 Å². The maximum absolute atomic E-state index is 11.9. The van der Waals surface area contributed by atoms with Crippen LogP contribution in [0.5, 0.6) is 0 Å². The van der Waals surface area contributed by atoms with Crippen LogP contribution in [-0.2, 0) is 9.59 Å². The van der Waals surface area contributed by atoms with Crippen molar-refractivity contribution in [2.75, 3.05) is 25.0 Å². The van der Waals surface area contributed by atoms with E-state index in [1.165, 1.54) is 0 Å². The lowest BCUT2D eigenvalue weighted by molar-refractivity contribution is -0.142. The van der Waals surface area contributed by atoms with E-state index in [0.717, 1.165) is 0 Å². The Balaban J connectivity index is 2.54. The van der Waals surface area contributed by atoms with Crippen molar-refractivity contribution < 1.29 is 14.7 Å². The van der Waals surface area contributed by atoms with Gasteiger partial charge in [0.05, 0.1) is 24.1 Å². The summed E-state index contributed by atoms with van der Waals surface area (Å²) in [6.07, 6.45) is 0. The number of anilines is 1. The summed E-state index contributed by atoms with van der Waals surface area (Å²) in [7, 11) is 0. The first-order valence-electron chi connectivity index (χ1n) is 6.71. The molecule has 2 N–H and O–H groups in total. The predicted octanol–water partition coefficient (Wildman–Crippen LogP) is 1.54. The number of benzene rings is 1. The Kier molecular flexibility index (Phi) is 6.37. The third-order valence-electron chi connectivity index (χ3n) is 3.07. The highest BCUT2D eigenvalue weighted by Crippen LogP contribution is 2.09. The van der Waals surface area contributed by atoms with E-state index in [9.17, 15) is 9.59 Å². The number of carboxylic acid groups (broad SMARTS) is 1. The van der Waals surface area contributed by atoms with Crippen molar-refractivity contribution in [2.24, 2.45) is 5.92 Å². The summed E-state index contributed by atoms with van der Waals surface area (Å²) in [6.45, 7) is 4.55. The van der Waals surface area contributed by atoms with E-state index in [0.29, 0.717) is 24.3 Å². The van der Waals surface area contributed by atoms with Crippen LogP contribution in [0.2, 0.25) is 0 Å². The highest BCUT2D eigenvalue weighted by molar-refractivity contribution is 5.92. The summed E-state index contributed by atoms with van der Waals surface area (Å²) in [4.78, 5) is 24.5. The molecule has 0 saturated carbocycles. The SMILES string of the molecule is CCN(CC(=O)Nc1ccc(C#N)cc1)CC(C)C(=O)O. The summed E-state index contributed by atoms with van der Waals surface area (Å²) < 4.78 is 0. The van der Waals surface area contributed by atoms with Gasteiger partial charge in [-0.2, -0.15) is 5.26 Å². The Hall–Kier alpha value is -2.39. The first-order valence-corrected chi connectivity index (χ1v) is 6.71. The normalized spacial score (nSPS) is 11.7. The van der Waals surface area contributed by atoms with Gasteiger partial charge in [-0.1, -0.05) is 13.8 Å². The smallest absolute Gasteiger partial charge is 0.307 e. The Labute approximate surface area is 124 Å². The lowest BCUT2D eigenvalue weighted by Gasteiger charge is -2.21. The minimum Gasteiger partial charge on any atom is -0.481 e. The number of nitriles is 1. The first-order chi connectivity index (χ1) is 9.96. The molecule has 0 aliphatic rings. The minimum atomic E-state index is -0.874. The Morgan fingerprint density at radius 3 is 2.48 bits per heavy atom. The molecule has 0 aliphatic carbocycles. The molecule has 21 heavy (non-hydrogen) atoms. The molecule has 1 rings (SSSR count). The fraction of sp³-hybridized carbons (Fsp3) is 0.400. The van der Waals surface area contributed by atoms with E-state index in [4.69, 9.17) is 10.4 Å². The summed E-state index contributed by atoms with van der Waals surface area (Å²) in [5, 5.41) is 20.3. The number of likely N-dealkylation sites (N-methyl/N-ethyl adjacent to an activating group) is 1. The average molecular weight is 289 g/mol. The van der Waals surface area contributed by atoms with Crippen LogP contribution in [0, 0.1) is 17.2 Å². The van der Waals surface area contributed by atoms with Crippen LogP contribution in [0.4, 0.5) is 5.69 Å². The predicted molar refractivity (Wildman–Crippen MR) is 78.7 cm³/mol. The molecule has 1 amide bonds. The van der Waals surface area contributed by atoms with Gasteiger partial charge < -0.3 is 10.4 Å². The standard InChI is InChI=1S/C15H19N3O3/c1-3-18(9-11(2)15(20)21)10-14(19)17-13-6-4-12(8-16)5-7-13/h4-7,11H,3,9-10H2,1-2H3,(H,17,19)(H,20,21). The van der Waals surface area contributed by atoms with Crippen molar-refractivity contribution in [3.8, 4) is 6.07 Å². The monoisotopic (exact) mass is 289 g/mol. The van der Waals surface area contributed by atoms with Crippen LogP contribution in [-0.4, -0.2) is 41.5 Å². The number of hydrogen-bond acceptors (Lipinski definition) is 4. The van der Waals surface area contributed by atoms with Gasteiger partial charge in [-0.05, 0) is 30.8 Å². The second-order valence-corrected chi connectivity index (χ2v) is 4.80. The molecule has 6 nitrogen and oxygen atoms in total. The van der Waals surface area contributed by atoms with E-state index in [1.54, 1.807) is 36.1 Å². The average Bonchev–Trinajstić information content (AvgIpc) is 2.47. The third-order valence-corrected chi connectivity index (χ3v) is 3.07. The molecular formula is C15H19N3O3. The summed E-state index contributed by atoms with van der Waals surface area (Å²) in [5.41, 5.74) is 1.14. The van der Waals surface area contributed by atoms with Crippen LogP contribution in [0.25, 0.3) is 0 Å². The number of nitrogens with zero attached hydrogens (tertiary/aromatic N) is 2. The van der Waals surface area contributed by atoms with Gasteiger partial charge in [0.15, 0.2) is 0 Å². The molecule has 1 aromatic rings. The van der Waals surface area contributed by atoms with Gasteiger partial charge in [0.25, 0.3) is 0 Å². The molecule has 0 fully saturated rings. The second kappa shape index (κ2) is 8.02. The second-order valence-electron chi connectivity index (χ2n) is 4.80. The molecule has 1 unspecified atom stereocenters. The number of carboxylic acids is 1. The fourth-order valence-corrected chi connectivity index (χ4v) is 1.80. The summed E-state index contributed by atoms with van der Waals surface area (Å²) in [6, 6.07) is 8.57. The highest BCUT2D eigenvalue weighted by Gasteiger charge is 2.17. The molecule has 0 radical (unpaired) electrons. The summed E-state index contributed by atoms with van der Waals surface area (Å²) in [5.74, 6) is -1.60. The zero-order chi connectivity index (χ0) is 15.8. The number of amides is 1. The van der Waals surface area contributed by atoms with Gasteiger partial charge in [-0.3, -0.25) is 14.5 Å². The van der Waals surface area contributed by atoms with Crippen molar-refractivity contribution >= 4 is 17.6 Å². The molecule has 112 valence electrons. The van der Waals surface area contributed by atoms with Crippen LogP contribution in [0.1, 0.15) is 19.4 Å². The Bertz CT molecular complexity index is 534. The molecule has 0 bridgehead atoms. The molecular weight excluding hydrogens is 270 g/mol. The van der Waals surface area contributed by atoms with E-state index >= 15 is 0 Å². The minimum absolute atomic E-state index is 0.133. The van der Waals surface area contributed by atoms with Gasteiger partial charge in [-0.15, -0.1) is 0 Å². The van der Waals surface area contributed by atoms with Gasteiger partial charge in [0, 0.05) is 12.2 Å². The van der Waals surface area contributed by atoms with E-state index in [2.05, 4.69) is 5.32 Å². The van der Waals surface area contributed by atoms with Gasteiger partial charge in [-0.25, -0.2) is 0 Å². The topological polar surface area (TPSA) is 93.4 Å². The molecule has 0 aromatic heterocycles. The zero-order valence-corrected chi connectivity index (χ0v) is 12.2. The number of nitrogens with one attached hydrogen (secondary N) is 1. The van der Waals surface area contributed by atoms with Crippen LogP contribution in [0.15, 0.2) is 24.3 Å². The lowest BCUT2D eigenvalue weighted by Crippen LogP contribution is -2.37. The Morgan fingerprint density at radius 1 is 1.38 bits per heavy atom. The van der Waals surface area contributed by atoms with Crippen molar-refractivity contribution in [3.05, 3.63) is 29.8 Å². The molecule has 0 saturated heterocycles. The highest BCUT2D eigenvalue weighted by atomic mass is 16.4. The number of carbonyl (C=O) groups excluding carboxylic acids is 1. The number of hydrogen-bond donors (Lipinski definition) is 2. The fourth-order valence-electron chi connectivity index (χ4n) is 1.80. The van der Waals surface area contributed by atoms with Gasteiger partial charge >= 0.3 is 5.97 Å². The van der Waals surface area contributed by atoms with Crippen molar-refractivity contribution in [2.45, 2.75) is 13.8 Å². The van der Waals surface area contributed by atoms with E-state index in [-0.39, 0.29) is 12.5 Å². The molecule has 6 heteroatoms. The lowest BCUT2D eigenvalue weighted by atomic mass is 10.1. The maximum atomic E-state index is 11.9. The number of rotatable bonds is 7. The van der Waals surface area contributed by atoms with Gasteiger partial charge in [0.1, 0.15) is 0 Å². The van der Waals surface area contributed by atoms with E-state index < -0.39 is 11.9 Å². The van der Waals surface area contributed by atoms with Gasteiger partial charge in [0.2, 0.25) is 5.91 Å². The largest absolute Gasteiger partial charge is 0.481 e. The molecule has 0 heterocycles. The molecule has 0 spiro atoms. The zero-order valence-electron chi connectivity index (χ0n) is 12.2. The van der Waals surface area contributed by atoms with Crippen LogP contribution >= 0.6 is 0 Å². The van der Waals surface area contributed by atoms with Crippen LogP contribution in [0.3, 0.4) is 0 Å².